The Labute approximate surface area is 419 Å². The molecule has 0 bridgehead atoms. The number of carbonyl (C=O) groups is 9. The molecule has 0 heterocycles. The molecule has 26 heteroatoms. The first-order valence-electron chi connectivity index (χ1n) is 23.0. The van der Waals surface area contributed by atoms with E-state index in [9.17, 15) is 53.4 Å². The van der Waals surface area contributed by atoms with Gasteiger partial charge in [-0.05, 0) is 107 Å². The minimum absolute atomic E-state index is 0.0225. The van der Waals surface area contributed by atoms with Gasteiger partial charge in [0.1, 0.15) is 48.3 Å². The van der Waals surface area contributed by atoms with E-state index >= 15 is 0 Å². The predicted octanol–water partition coefficient (Wildman–Crippen LogP) is -1.90. The van der Waals surface area contributed by atoms with Crippen LogP contribution in [-0.4, -0.2) is 172 Å². The molecular formula is C43H80N12O11S3. The Balaban J connectivity index is 6.37. The normalized spacial score (nSPS) is 15.6. The van der Waals surface area contributed by atoms with Gasteiger partial charge in [0.05, 0.1) is 12.1 Å². The van der Waals surface area contributed by atoms with E-state index in [1.54, 1.807) is 33.3 Å². The van der Waals surface area contributed by atoms with Crippen LogP contribution >= 0.6 is 35.3 Å². The minimum Gasteiger partial charge on any atom is -0.480 e. The van der Waals surface area contributed by atoms with E-state index in [1.165, 1.54) is 49.1 Å². The molecule has 0 radical (unpaired) electrons. The second-order valence-corrected chi connectivity index (χ2v) is 20.2. The number of nitrogens with two attached hydrogens (primary N) is 3. The van der Waals surface area contributed by atoms with E-state index in [0.717, 1.165) is 0 Å². The Morgan fingerprint density at radius 3 is 1.46 bits per heavy atom. The lowest BCUT2D eigenvalue weighted by molar-refractivity contribution is -0.142. The zero-order valence-corrected chi connectivity index (χ0v) is 44.1. The molecule has 0 aromatic carbocycles. The Hall–Kier alpha value is -4.53. The SMILES string of the molecule is CC[C@H](NC(=O)[C@@H](N)CCSC)C(=O)N[C@@H](CC(C)C)C(=O)N[C@@H](CCCN=C(N)N)C(=O)N[C@@H](CCSC)C(=O)N[C@H](C(=O)N[C@@H](C)C(=O)N[C@H](C(=O)N[C@@H](CCSC)C(=O)O)C(C)C)[C@@H](C)O. The van der Waals surface area contributed by atoms with Gasteiger partial charge in [0, 0.05) is 6.54 Å². The quantitative estimate of drug-likeness (QED) is 0.0187. The van der Waals surface area contributed by atoms with Gasteiger partial charge in [-0.1, -0.05) is 34.6 Å². The largest absolute Gasteiger partial charge is 0.480 e. The third-order valence-electron chi connectivity index (χ3n) is 10.5. The van der Waals surface area contributed by atoms with Crippen LogP contribution in [-0.2, 0) is 43.2 Å². The first kappa shape index (κ1) is 64.5. The molecule has 0 aromatic heterocycles. The van der Waals surface area contributed by atoms with Crippen molar-refractivity contribution in [3.63, 3.8) is 0 Å². The van der Waals surface area contributed by atoms with Crippen LogP contribution in [0.4, 0.5) is 0 Å². The summed E-state index contributed by atoms with van der Waals surface area (Å²) in [6.07, 6.45) is 5.03. The van der Waals surface area contributed by atoms with Gasteiger partial charge in [0.2, 0.25) is 47.3 Å². The molecule has 10 atom stereocenters. The predicted molar refractivity (Wildman–Crippen MR) is 272 cm³/mol. The molecule has 0 saturated carbocycles. The summed E-state index contributed by atoms with van der Waals surface area (Å²) < 4.78 is 0. The summed E-state index contributed by atoms with van der Waals surface area (Å²) >= 11 is 4.28. The maximum atomic E-state index is 14.1. The van der Waals surface area contributed by atoms with Gasteiger partial charge in [-0.2, -0.15) is 35.3 Å². The van der Waals surface area contributed by atoms with Gasteiger partial charge in [0.15, 0.2) is 5.96 Å². The number of nitrogens with zero attached hydrogens (tertiary/aromatic N) is 1. The summed E-state index contributed by atoms with van der Waals surface area (Å²) in [7, 11) is 0. The van der Waals surface area contributed by atoms with Crippen LogP contribution in [0.5, 0.6) is 0 Å². The number of carboxylic acid groups (broad SMARTS) is 1. The van der Waals surface area contributed by atoms with Crippen molar-refractivity contribution < 1.29 is 53.4 Å². The highest BCUT2D eigenvalue weighted by atomic mass is 32.2. The Morgan fingerprint density at radius 2 is 0.971 bits per heavy atom. The zero-order valence-electron chi connectivity index (χ0n) is 41.7. The Bertz CT molecular complexity index is 1710. The third-order valence-corrected chi connectivity index (χ3v) is 12.4. The van der Waals surface area contributed by atoms with Crippen LogP contribution in [0.15, 0.2) is 4.99 Å². The van der Waals surface area contributed by atoms with Crippen molar-refractivity contribution in [2.45, 2.75) is 154 Å². The van der Waals surface area contributed by atoms with E-state index in [4.69, 9.17) is 17.2 Å². The first-order chi connectivity index (χ1) is 32.3. The van der Waals surface area contributed by atoms with Crippen molar-refractivity contribution in [3.05, 3.63) is 0 Å². The van der Waals surface area contributed by atoms with Crippen LogP contribution in [0, 0.1) is 11.8 Å². The second-order valence-electron chi connectivity index (χ2n) is 17.3. The van der Waals surface area contributed by atoms with E-state index in [-0.39, 0.29) is 56.9 Å². The highest BCUT2D eigenvalue weighted by molar-refractivity contribution is 7.98. The number of hydrogen-bond acceptors (Lipinski definition) is 15. The maximum Gasteiger partial charge on any atom is 0.326 e. The smallest absolute Gasteiger partial charge is 0.326 e. The molecule has 0 aliphatic rings. The lowest BCUT2D eigenvalue weighted by Crippen LogP contribution is -2.62. The molecule has 0 unspecified atom stereocenters. The molecule has 0 aliphatic heterocycles. The fourth-order valence-electron chi connectivity index (χ4n) is 6.40. The molecular weight excluding hydrogens is 957 g/mol. The number of aliphatic hydroxyl groups excluding tert-OH is 1. The van der Waals surface area contributed by atoms with E-state index in [2.05, 4.69) is 47.5 Å². The number of aliphatic hydroxyl groups is 1. The van der Waals surface area contributed by atoms with Crippen molar-refractivity contribution in [1.82, 2.24) is 42.5 Å². The van der Waals surface area contributed by atoms with Crippen molar-refractivity contribution in [2.75, 3.05) is 42.6 Å². The molecule has 0 aromatic rings. The number of carboxylic acids is 1. The monoisotopic (exact) mass is 1040 g/mol. The Morgan fingerprint density at radius 1 is 0.536 bits per heavy atom. The molecule has 23 nitrogen and oxygen atoms in total. The van der Waals surface area contributed by atoms with Crippen molar-refractivity contribution in [3.8, 4) is 0 Å². The van der Waals surface area contributed by atoms with Crippen LogP contribution in [0.1, 0.15) is 93.4 Å². The number of hydrogen-bond donors (Lipinski definition) is 13. The van der Waals surface area contributed by atoms with Gasteiger partial charge in [0.25, 0.3) is 0 Å². The summed E-state index contributed by atoms with van der Waals surface area (Å²) in [5.41, 5.74) is 17.0. The highest BCUT2D eigenvalue weighted by Crippen LogP contribution is 2.11. The standard InChI is InChI=1S/C43H80N12O11S3/c1-11-27(49-35(58)26(44)14-18-67-8)36(59)53-31(21-22(2)3)39(62)50-28(13-12-17-47-43(45)46)37(60)51-29(15-19-68-9)38(61)55-33(25(7)56)41(64)48-24(6)34(57)54-32(23(4)5)40(63)52-30(42(65)66)16-20-69-10/h22-33,56H,11-21,44H2,1-10H3,(H,48,64)(H,49,58)(H,50,62)(H,51,60)(H,52,63)(H,53,59)(H,54,57)(H,55,61)(H,65,66)(H4,45,46,47)/t24-,25+,26-,27-,28-,29-,30-,31-,32-,33-/m0/s1. The average Bonchev–Trinajstić information content (AvgIpc) is 3.27. The number of rotatable bonds is 35. The Kier molecular flexibility index (Phi) is 32.4. The summed E-state index contributed by atoms with van der Waals surface area (Å²) in [5, 5.41) is 40.8. The van der Waals surface area contributed by atoms with Crippen LogP contribution in [0.3, 0.4) is 0 Å². The molecule has 0 rings (SSSR count). The number of guanidine groups is 1. The topological polar surface area (TPSA) is 381 Å². The van der Waals surface area contributed by atoms with Gasteiger partial charge in [-0.15, -0.1) is 0 Å². The lowest BCUT2D eigenvalue weighted by atomic mass is 10.0. The molecule has 0 fully saturated rings. The number of aliphatic carboxylic acids is 1. The molecule has 396 valence electrons. The number of aliphatic imine (C=N–C) groups is 1. The summed E-state index contributed by atoms with van der Waals surface area (Å²) in [4.78, 5) is 124. The molecule has 0 aliphatic carbocycles. The number of nitrogens with one attached hydrogen (secondary N) is 8. The lowest BCUT2D eigenvalue weighted by Gasteiger charge is -2.29. The molecule has 8 amide bonds. The van der Waals surface area contributed by atoms with E-state index in [0.29, 0.717) is 23.7 Å². The highest BCUT2D eigenvalue weighted by Gasteiger charge is 2.36. The molecule has 0 spiro atoms. The van der Waals surface area contributed by atoms with Crippen molar-refractivity contribution in [1.29, 1.82) is 0 Å². The van der Waals surface area contributed by atoms with E-state index < -0.39 is 120 Å². The molecule has 0 saturated heterocycles. The number of thioether (sulfide) groups is 3. The zero-order chi connectivity index (χ0) is 53.0. The first-order valence-corrected chi connectivity index (χ1v) is 27.1. The van der Waals surface area contributed by atoms with Crippen LogP contribution in [0.25, 0.3) is 0 Å². The van der Waals surface area contributed by atoms with Crippen molar-refractivity contribution >= 4 is 94.5 Å². The fourth-order valence-corrected chi connectivity index (χ4v) is 7.83. The molecule has 16 N–H and O–H groups in total. The van der Waals surface area contributed by atoms with Gasteiger partial charge < -0.3 is 69.9 Å². The van der Waals surface area contributed by atoms with Gasteiger partial charge >= 0.3 is 5.97 Å². The third kappa shape index (κ3) is 25.8. The van der Waals surface area contributed by atoms with Crippen LogP contribution < -0.4 is 59.7 Å². The van der Waals surface area contributed by atoms with E-state index in [1.807, 2.05) is 20.1 Å². The average molecular weight is 1040 g/mol. The van der Waals surface area contributed by atoms with Crippen molar-refractivity contribution in [2.24, 2.45) is 34.0 Å². The number of amides is 8. The molecule has 69 heavy (non-hydrogen) atoms. The summed E-state index contributed by atoms with van der Waals surface area (Å²) in [5.74, 6) is -6.64. The summed E-state index contributed by atoms with van der Waals surface area (Å²) in [6.45, 7) is 11.3. The second kappa shape index (κ2) is 34.7. The minimum atomic E-state index is -1.64. The van der Waals surface area contributed by atoms with Gasteiger partial charge in [-0.25, -0.2) is 4.79 Å². The number of carbonyl (C=O) groups excluding carboxylic acids is 8. The van der Waals surface area contributed by atoms with Gasteiger partial charge in [-0.3, -0.25) is 43.3 Å². The fraction of sp³-hybridized carbons (Fsp3) is 0.767. The van der Waals surface area contributed by atoms with Crippen LogP contribution in [0.2, 0.25) is 0 Å². The summed E-state index contributed by atoms with van der Waals surface area (Å²) in [6, 6.07) is -10.9. The maximum absolute atomic E-state index is 14.1.